The lowest BCUT2D eigenvalue weighted by Crippen LogP contribution is -2.40. The van der Waals surface area contributed by atoms with Gasteiger partial charge in [-0.2, -0.15) is 0 Å². The van der Waals surface area contributed by atoms with Crippen LogP contribution in [0.3, 0.4) is 0 Å². The molecule has 6 nitrogen and oxygen atoms in total. The molecule has 6 heteroatoms. The summed E-state index contributed by atoms with van der Waals surface area (Å²) in [7, 11) is 3.95. The SMILES string of the molecule is C[C@@H](c1ccccc1)N(Cc1cc(NC(=O)Nc2ccccc2)ccc1N(C)C)C(=O)C(C)(C)C. The van der Waals surface area contributed by atoms with Crippen molar-refractivity contribution in [1.29, 1.82) is 0 Å². The predicted molar refractivity (Wildman–Crippen MR) is 145 cm³/mol. The molecule has 0 heterocycles. The van der Waals surface area contributed by atoms with Gasteiger partial charge in [0.1, 0.15) is 0 Å². The van der Waals surface area contributed by atoms with E-state index >= 15 is 0 Å². The van der Waals surface area contributed by atoms with Gasteiger partial charge in [0.15, 0.2) is 0 Å². The third-order valence-electron chi connectivity index (χ3n) is 5.84. The monoisotopic (exact) mass is 472 g/mol. The molecular weight excluding hydrogens is 436 g/mol. The Labute approximate surface area is 209 Å². The summed E-state index contributed by atoms with van der Waals surface area (Å²) in [5, 5.41) is 5.76. The Kier molecular flexibility index (Phi) is 8.18. The number of rotatable bonds is 7. The molecule has 3 aromatic rings. The second-order valence-corrected chi connectivity index (χ2v) is 9.95. The van der Waals surface area contributed by atoms with E-state index in [1.807, 2.05) is 124 Å². The Morgan fingerprint density at radius 3 is 1.97 bits per heavy atom. The van der Waals surface area contributed by atoms with Crippen molar-refractivity contribution in [2.45, 2.75) is 40.3 Å². The number of nitrogens with one attached hydrogen (secondary N) is 2. The van der Waals surface area contributed by atoms with Gasteiger partial charge in [0.2, 0.25) is 5.91 Å². The molecule has 0 radical (unpaired) electrons. The molecule has 0 saturated carbocycles. The first-order chi connectivity index (χ1) is 16.6. The molecule has 0 aliphatic carbocycles. The van der Waals surface area contributed by atoms with Crippen LogP contribution in [-0.2, 0) is 11.3 Å². The van der Waals surface area contributed by atoms with Crippen molar-refractivity contribution in [1.82, 2.24) is 4.90 Å². The van der Waals surface area contributed by atoms with Crippen molar-refractivity contribution in [2.24, 2.45) is 5.41 Å². The van der Waals surface area contributed by atoms with Crippen molar-refractivity contribution in [3.05, 3.63) is 90.0 Å². The van der Waals surface area contributed by atoms with Crippen molar-refractivity contribution < 1.29 is 9.59 Å². The molecule has 0 fully saturated rings. The van der Waals surface area contributed by atoms with Crippen LogP contribution in [-0.4, -0.2) is 30.9 Å². The van der Waals surface area contributed by atoms with Gasteiger partial charge in [-0.1, -0.05) is 69.3 Å². The van der Waals surface area contributed by atoms with Crippen molar-refractivity contribution in [3.8, 4) is 0 Å². The van der Waals surface area contributed by atoms with Gasteiger partial charge in [0, 0.05) is 43.1 Å². The van der Waals surface area contributed by atoms with E-state index in [2.05, 4.69) is 17.6 Å². The minimum atomic E-state index is -0.535. The van der Waals surface area contributed by atoms with Crippen LogP contribution in [0.4, 0.5) is 21.9 Å². The minimum absolute atomic E-state index is 0.0683. The van der Waals surface area contributed by atoms with Crippen LogP contribution in [0, 0.1) is 5.41 Å². The summed E-state index contributed by atoms with van der Waals surface area (Å²) in [6, 6.07) is 24.7. The topological polar surface area (TPSA) is 64.7 Å². The van der Waals surface area contributed by atoms with Crippen LogP contribution in [0.5, 0.6) is 0 Å². The summed E-state index contributed by atoms with van der Waals surface area (Å²) in [5.41, 5.74) is 3.86. The number of anilines is 3. The molecule has 0 spiro atoms. The summed E-state index contributed by atoms with van der Waals surface area (Å²) in [6.07, 6.45) is 0. The van der Waals surface area contributed by atoms with Gasteiger partial charge in [-0.15, -0.1) is 0 Å². The number of hydrogen-bond acceptors (Lipinski definition) is 3. The Balaban J connectivity index is 1.91. The molecule has 3 rings (SSSR count). The van der Waals surface area contributed by atoms with E-state index in [0.717, 1.165) is 16.8 Å². The number of hydrogen-bond donors (Lipinski definition) is 2. The quantitative estimate of drug-likeness (QED) is 0.411. The highest BCUT2D eigenvalue weighted by atomic mass is 16.2. The van der Waals surface area contributed by atoms with Crippen LogP contribution < -0.4 is 15.5 Å². The number of urea groups is 1. The normalized spacial score (nSPS) is 11.9. The molecule has 2 N–H and O–H groups in total. The summed E-state index contributed by atoms with van der Waals surface area (Å²) in [5.74, 6) is 0.0683. The smallest absolute Gasteiger partial charge is 0.323 e. The van der Waals surface area contributed by atoms with Gasteiger partial charge in [-0.3, -0.25) is 4.79 Å². The Morgan fingerprint density at radius 2 is 1.40 bits per heavy atom. The number of carbonyl (C=O) groups is 2. The van der Waals surface area contributed by atoms with E-state index in [-0.39, 0.29) is 18.0 Å². The fourth-order valence-corrected chi connectivity index (χ4v) is 3.95. The van der Waals surface area contributed by atoms with Gasteiger partial charge in [-0.05, 0) is 48.4 Å². The molecule has 0 aliphatic rings. The average molecular weight is 473 g/mol. The maximum atomic E-state index is 13.6. The van der Waals surface area contributed by atoms with Crippen molar-refractivity contribution in [3.63, 3.8) is 0 Å². The molecule has 0 aromatic heterocycles. The summed E-state index contributed by atoms with van der Waals surface area (Å²) in [6.45, 7) is 8.30. The lowest BCUT2D eigenvalue weighted by molar-refractivity contribution is -0.142. The van der Waals surface area contributed by atoms with Crippen LogP contribution in [0.2, 0.25) is 0 Å². The Bertz CT molecular complexity index is 1140. The van der Waals surface area contributed by atoms with Crippen molar-refractivity contribution in [2.75, 3.05) is 29.6 Å². The number of benzene rings is 3. The highest BCUT2D eigenvalue weighted by molar-refractivity contribution is 6.00. The summed E-state index contributed by atoms with van der Waals surface area (Å²) < 4.78 is 0. The maximum absolute atomic E-state index is 13.6. The molecular formula is C29H36N4O2. The molecule has 0 bridgehead atoms. The number of para-hydroxylation sites is 1. The number of nitrogens with zero attached hydrogens (tertiary/aromatic N) is 2. The molecule has 35 heavy (non-hydrogen) atoms. The summed E-state index contributed by atoms with van der Waals surface area (Å²) in [4.78, 5) is 30.1. The molecule has 1 atom stereocenters. The largest absolute Gasteiger partial charge is 0.377 e. The molecule has 184 valence electrons. The first-order valence-electron chi connectivity index (χ1n) is 11.9. The second kappa shape index (κ2) is 11.1. The van der Waals surface area contributed by atoms with Crippen molar-refractivity contribution >= 4 is 29.0 Å². The van der Waals surface area contributed by atoms with Crippen LogP contribution in [0.1, 0.15) is 44.9 Å². The van der Waals surface area contributed by atoms with Crippen LogP contribution >= 0.6 is 0 Å². The van der Waals surface area contributed by atoms with Gasteiger partial charge < -0.3 is 20.4 Å². The standard InChI is InChI=1S/C29H36N4O2/c1-21(22-13-9-7-10-14-22)33(27(34)29(2,3)4)20-23-19-25(17-18-26(23)32(5)6)31-28(35)30-24-15-11-8-12-16-24/h7-19,21H,20H2,1-6H3,(H2,30,31,35)/t21-/m0/s1. The summed E-state index contributed by atoms with van der Waals surface area (Å²) >= 11 is 0. The molecule has 0 unspecified atom stereocenters. The fraction of sp³-hybridized carbons (Fsp3) is 0.310. The van der Waals surface area contributed by atoms with E-state index in [1.165, 1.54) is 0 Å². The van der Waals surface area contributed by atoms with Gasteiger partial charge in [0.05, 0.1) is 6.04 Å². The highest BCUT2D eigenvalue weighted by Gasteiger charge is 2.31. The maximum Gasteiger partial charge on any atom is 0.323 e. The Morgan fingerprint density at radius 1 is 0.829 bits per heavy atom. The second-order valence-electron chi connectivity index (χ2n) is 9.95. The third kappa shape index (κ3) is 6.85. The Hall–Kier alpha value is -3.80. The molecule has 3 amide bonds. The lowest BCUT2D eigenvalue weighted by atomic mass is 9.92. The minimum Gasteiger partial charge on any atom is -0.377 e. The van der Waals surface area contributed by atoms with Crippen LogP contribution in [0.15, 0.2) is 78.9 Å². The zero-order valence-electron chi connectivity index (χ0n) is 21.5. The fourth-order valence-electron chi connectivity index (χ4n) is 3.95. The zero-order valence-corrected chi connectivity index (χ0v) is 21.5. The number of carbonyl (C=O) groups excluding carboxylic acids is 2. The highest BCUT2D eigenvalue weighted by Crippen LogP contribution is 2.32. The molecule has 0 aliphatic heterocycles. The van der Waals surface area contributed by atoms with Gasteiger partial charge in [0.25, 0.3) is 0 Å². The van der Waals surface area contributed by atoms with E-state index in [0.29, 0.717) is 17.9 Å². The lowest BCUT2D eigenvalue weighted by Gasteiger charge is -2.35. The number of amides is 3. The zero-order chi connectivity index (χ0) is 25.6. The first-order valence-corrected chi connectivity index (χ1v) is 11.9. The van der Waals surface area contributed by atoms with Gasteiger partial charge >= 0.3 is 6.03 Å². The van der Waals surface area contributed by atoms with E-state index in [9.17, 15) is 9.59 Å². The predicted octanol–water partition coefficient (Wildman–Crippen LogP) is 6.53. The van der Waals surface area contributed by atoms with E-state index in [1.54, 1.807) is 0 Å². The molecule has 0 saturated heterocycles. The van der Waals surface area contributed by atoms with Crippen LogP contribution in [0.25, 0.3) is 0 Å². The molecule has 3 aromatic carbocycles. The third-order valence-corrected chi connectivity index (χ3v) is 5.84. The first kappa shape index (κ1) is 25.8. The van der Waals surface area contributed by atoms with E-state index in [4.69, 9.17) is 0 Å². The van der Waals surface area contributed by atoms with Gasteiger partial charge in [-0.25, -0.2) is 4.79 Å². The van der Waals surface area contributed by atoms with E-state index < -0.39 is 5.41 Å². The average Bonchev–Trinajstić information content (AvgIpc) is 2.82.